The Morgan fingerprint density at radius 1 is 1.19 bits per heavy atom. The van der Waals surface area contributed by atoms with Crippen LogP contribution in [0, 0.1) is 0 Å². The van der Waals surface area contributed by atoms with Crippen LogP contribution < -0.4 is 51.4 Å². The van der Waals surface area contributed by atoms with Crippen LogP contribution in [0.2, 0.25) is 0 Å². The van der Waals surface area contributed by atoms with E-state index in [-0.39, 0.29) is 62.8 Å². The molecule has 13 heteroatoms. The summed E-state index contributed by atoms with van der Waals surface area (Å²) in [6.07, 6.45) is -5.76. The number of aliphatic hydroxyl groups is 4. The van der Waals surface area contributed by atoms with E-state index >= 15 is 0 Å². The average Bonchev–Trinajstić information content (AvgIpc) is 2.60. The molecule has 1 aliphatic heterocycles. The maximum absolute atomic E-state index is 10.7. The molecule has 0 bridgehead atoms. The summed E-state index contributed by atoms with van der Waals surface area (Å²) in [4.78, 5) is 0. The van der Waals surface area contributed by atoms with Crippen molar-refractivity contribution in [1.82, 2.24) is 0 Å². The van der Waals surface area contributed by atoms with E-state index in [4.69, 9.17) is 4.74 Å². The molecule has 27 heavy (non-hydrogen) atoms. The van der Waals surface area contributed by atoms with Crippen LogP contribution in [0.15, 0.2) is 35.5 Å². The van der Waals surface area contributed by atoms with Gasteiger partial charge in [0.2, 0.25) is 0 Å². The molecule has 0 radical (unpaired) electrons. The molecule has 2 rings (SSSR count). The Bertz CT molecular complexity index is 717. The summed E-state index contributed by atoms with van der Waals surface area (Å²) < 4.78 is 41.2. The van der Waals surface area contributed by atoms with Crippen molar-refractivity contribution in [1.29, 1.82) is 0 Å². The Balaban J connectivity index is 0.00000364. The van der Waals surface area contributed by atoms with Gasteiger partial charge in [-0.15, -0.1) is 0 Å². The number of benzene rings is 1. The standard InChI is InChI=1S/C14H19NO9S2.K/c16-7-9-11(17)12(18)13(19)14(23-9)25-10(15-24-26(20,21)22)6-8-4-2-1-3-5-8;/h1-5,9,11-14,16-19H,6-7H2,(H,20,21,22);/q;+1/p-1/t9-,11-,12+,13-,14+;/m1./s1. The SMILES string of the molecule is O=S(=O)([O-])ON=C(Cc1ccccc1)S[C@@H]1O[C@H](CO)[C@@H](O)[C@H](O)[C@H]1O.[K+]. The van der Waals surface area contributed by atoms with Gasteiger partial charge in [0.25, 0.3) is 10.4 Å². The van der Waals surface area contributed by atoms with Crippen molar-refractivity contribution >= 4 is 27.2 Å². The van der Waals surface area contributed by atoms with E-state index in [0.717, 1.165) is 0 Å². The van der Waals surface area contributed by atoms with Gasteiger partial charge in [-0.25, -0.2) is 0 Å². The van der Waals surface area contributed by atoms with E-state index in [1.165, 1.54) is 0 Å². The zero-order chi connectivity index (χ0) is 19.3. The van der Waals surface area contributed by atoms with Crippen LogP contribution in [0.3, 0.4) is 0 Å². The number of hydrogen-bond donors (Lipinski definition) is 4. The monoisotopic (exact) mass is 447 g/mol. The molecular formula is C14H18KNO9S2. The Kier molecular flexibility index (Phi) is 10.9. The minimum atomic E-state index is -5.08. The first-order valence-corrected chi connectivity index (χ1v) is 9.65. The van der Waals surface area contributed by atoms with Crippen molar-refractivity contribution in [2.75, 3.05) is 6.61 Å². The smallest absolute Gasteiger partial charge is 0.714 e. The van der Waals surface area contributed by atoms with Gasteiger partial charge in [-0.2, -0.15) is 8.42 Å². The van der Waals surface area contributed by atoms with Crippen molar-refractivity contribution in [3.05, 3.63) is 35.9 Å². The summed E-state index contributed by atoms with van der Waals surface area (Å²) in [6, 6.07) is 8.67. The van der Waals surface area contributed by atoms with Gasteiger partial charge in [0.05, 0.1) is 6.61 Å². The van der Waals surface area contributed by atoms with E-state index in [1.807, 2.05) is 0 Å². The second-order valence-corrected chi connectivity index (χ2v) is 7.58. The third-order valence-electron chi connectivity index (χ3n) is 3.53. The Morgan fingerprint density at radius 2 is 1.81 bits per heavy atom. The molecule has 1 heterocycles. The zero-order valence-electron chi connectivity index (χ0n) is 14.3. The molecule has 0 spiro atoms. The van der Waals surface area contributed by atoms with E-state index < -0.39 is 46.9 Å². The fourth-order valence-electron chi connectivity index (χ4n) is 2.25. The molecule has 0 unspecified atom stereocenters. The zero-order valence-corrected chi connectivity index (χ0v) is 19.0. The van der Waals surface area contributed by atoms with Gasteiger partial charge < -0.3 is 29.7 Å². The van der Waals surface area contributed by atoms with Crippen LogP contribution in [-0.4, -0.2) is 74.9 Å². The molecule has 1 aromatic rings. The third-order valence-corrected chi connectivity index (χ3v) is 4.90. The van der Waals surface area contributed by atoms with Crippen molar-refractivity contribution < 1.29 is 93.8 Å². The van der Waals surface area contributed by atoms with E-state index in [1.54, 1.807) is 30.3 Å². The molecule has 1 saturated heterocycles. The quantitative estimate of drug-likeness (QED) is 0.0833. The Morgan fingerprint density at radius 3 is 2.37 bits per heavy atom. The molecule has 1 aliphatic rings. The van der Waals surface area contributed by atoms with Crippen LogP contribution in [-0.2, 0) is 25.8 Å². The van der Waals surface area contributed by atoms with Crippen LogP contribution in [0.25, 0.3) is 0 Å². The van der Waals surface area contributed by atoms with Gasteiger partial charge in [-0.1, -0.05) is 47.2 Å². The van der Waals surface area contributed by atoms with Crippen LogP contribution in [0.1, 0.15) is 5.56 Å². The molecule has 146 valence electrons. The number of ether oxygens (including phenoxy) is 1. The average molecular weight is 448 g/mol. The number of thioether (sulfide) groups is 1. The number of aliphatic hydroxyl groups excluding tert-OH is 4. The van der Waals surface area contributed by atoms with Gasteiger partial charge in [-0.05, 0) is 5.56 Å². The van der Waals surface area contributed by atoms with Crippen molar-refractivity contribution in [3.8, 4) is 0 Å². The molecule has 1 fully saturated rings. The molecular weight excluding hydrogens is 429 g/mol. The van der Waals surface area contributed by atoms with E-state index in [0.29, 0.717) is 17.3 Å². The largest absolute Gasteiger partial charge is 1.00 e. The number of rotatable bonds is 6. The van der Waals surface area contributed by atoms with E-state index in [9.17, 15) is 33.4 Å². The molecule has 0 aliphatic carbocycles. The van der Waals surface area contributed by atoms with Crippen molar-refractivity contribution in [2.45, 2.75) is 36.3 Å². The van der Waals surface area contributed by atoms with E-state index in [2.05, 4.69) is 9.44 Å². The van der Waals surface area contributed by atoms with Gasteiger partial charge in [-0.3, -0.25) is 4.28 Å². The maximum Gasteiger partial charge on any atom is 1.00 e. The normalized spacial score (nSPS) is 29.1. The predicted octanol–water partition coefficient (Wildman–Crippen LogP) is -4.44. The molecule has 0 saturated carbocycles. The number of oxime groups is 1. The van der Waals surface area contributed by atoms with Crippen LogP contribution in [0.4, 0.5) is 0 Å². The fourth-order valence-corrected chi connectivity index (χ4v) is 3.58. The summed E-state index contributed by atoms with van der Waals surface area (Å²) in [6.45, 7) is -0.612. The minimum absolute atomic E-state index is 0. The Hall–Kier alpha value is 0.386. The fraction of sp³-hybridized carbons (Fsp3) is 0.500. The summed E-state index contributed by atoms with van der Waals surface area (Å²) in [5.74, 6) is 0. The van der Waals surface area contributed by atoms with Gasteiger partial charge in [0.1, 0.15) is 34.9 Å². The number of hydrogen-bond acceptors (Lipinski definition) is 11. The molecule has 0 amide bonds. The summed E-state index contributed by atoms with van der Waals surface area (Å²) >= 11 is 0.701. The second-order valence-electron chi connectivity index (χ2n) is 5.45. The molecule has 5 atom stereocenters. The summed E-state index contributed by atoms with van der Waals surface area (Å²) in [5.41, 5.74) is -0.485. The first-order valence-electron chi connectivity index (χ1n) is 7.43. The first kappa shape index (κ1) is 25.4. The predicted molar refractivity (Wildman–Crippen MR) is 89.7 cm³/mol. The summed E-state index contributed by atoms with van der Waals surface area (Å²) in [7, 11) is -5.08. The summed E-state index contributed by atoms with van der Waals surface area (Å²) in [5, 5.41) is 42.1. The number of nitrogens with zero attached hydrogens (tertiary/aromatic N) is 1. The van der Waals surface area contributed by atoms with Crippen LogP contribution in [0.5, 0.6) is 0 Å². The Labute approximate surface area is 202 Å². The third kappa shape index (κ3) is 7.96. The topological polar surface area (TPSA) is 169 Å². The molecule has 10 nitrogen and oxygen atoms in total. The minimum Gasteiger partial charge on any atom is -0.714 e. The van der Waals surface area contributed by atoms with Crippen molar-refractivity contribution in [2.24, 2.45) is 5.16 Å². The molecule has 1 aromatic carbocycles. The molecule has 0 aromatic heterocycles. The molecule has 4 N–H and O–H groups in total. The van der Waals surface area contributed by atoms with Gasteiger partial charge in [0, 0.05) is 6.42 Å². The maximum atomic E-state index is 10.7. The first-order chi connectivity index (χ1) is 12.2. The van der Waals surface area contributed by atoms with Crippen molar-refractivity contribution in [3.63, 3.8) is 0 Å². The van der Waals surface area contributed by atoms with Gasteiger partial charge in [0.15, 0.2) is 0 Å². The van der Waals surface area contributed by atoms with Gasteiger partial charge >= 0.3 is 51.4 Å². The second kappa shape index (κ2) is 11.5. The van der Waals surface area contributed by atoms with Crippen LogP contribution >= 0.6 is 11.8 Å².